The van der Waals surface area contributed by atoms with E-state index in [1.807, 2.05) is 48.2 Å². The van der Waals surface area contributed by atoms with Gasteiger partial charge in [0.2, 0.25) is 5.91 Å². The highest BCUT2D eigenvalue weighted by molar-refractivity contribution is 6.31. The highest BCUT2D eigenvalue weighted by Crippen LogP contribution is 2.23. The SMILES string of the molecule is Cc1nn(Cc2ccccc2)c(Cl)c1/C=C/C(=O)Nc1ccccc1C(=O)N1CCCCC1. The maximum atomic E-state index is 13.0. The van der Waals surface area contributed by atoms with E-state index in [0.717, 1.165) is 43.6 Å². The topological polar surface area (TPSA) is 67.2 Å². The number of aryl methyl sites for hydroxylation is 1. The number of anilines is 1. The van der Waals surface area contributed by atoms with E-state index >= 15 is 0 Å². The van der Waals surface area contributed by atoms with Crippen molar-refractivity contribution in [2.24, 2.45) is 0 Å². The molecule has 1 fully saturated rings. The van der Waals surface area contributed by atoms with Gasteiger partial charge in [-0.15, -0.1) is 0 Å². The third kappa shape index (κ3) is 5.52. The first kappa shape index (κ1) is 22.8. The molecule has 2 amide bonds. The maximum absolute atomic E-state index is 13.0. The van der Waals surface area contributed by atoms with Gasteiger partial charge in [-0.3, -0.25) is 9.59 Å². The predicted octanol–water partition coefficient (Wildman–Crippen LogP) is 5.17. The Morgan fingerprint density at radius 1 is 1.03 bits per heavy atom. The Bertz CT molecular complexity index is 1160. The molecule has 1 aliphatic heterocycles. The summed E-state index contributed by atoms with van der Waals surface area (Å²) in [6.45, 7) is 3.92. The molecule has 2 aromatic carbocycles. The molecule has 0 saturated carbocycles. The summed E-state index contributed by atoms with van der Waals surface area (Å²) in [7, 11) is 0. The van der Waals surface area contributed by atoms with Crippen molar-refractivity contribution >= 4 is 35.2 Å². The number of halogens is 1. The van der Waals surface area contributed by atoms with Crippen LogP contribution in [0.15, 0.2) is 60.7 Å². The third-order valence-electron chi connectivity index (χ3n) is 5.74. The standard InChI is InChI=1S/C26H27ClN4O2/c1-19-21(25(27)31(29-19)18-20-10-4-2-5-11-20)14-15-24(32)28-23-13-7-6-12-22(23)26(33)30-16-8-3-9-17-30/h2,4-7,10-15H,3,8-9,16-18H2,1H3,(H,28,32)/b15-14+. The molecule has 0 radical (unpaired) electrons. The number of aromatic nitrogens is 2. The van der Waals surface area contributed by atoms with Gasteiger partial charge in [0.25, 0.3) is 5.91 Å². The first-order valence-electron chi connectivity index (χ1n) is 11.2. The molecule has 1 aromatic heterocycles. The van der Waals surface area contributed by atoms with Gasteiger partial charge in [-0.2, -0.15) is 5.10 Å². The fraction of sp³-hybridized carbons (Fsp3) is 0.269. The Morgan fingerprint density at radius 2 is 1.73 bits per heavy atom. The number of amides is 2. The molecule has 2 heterocycles. The zero-order valence-electron chi connectivity index (χ0n) is 18.6. The molecular weight excluding hydrogens is 436 g/mol. The van der Waals surface area contributed by atoms with Crippen LogP contribution in [0.3, 0.4) is 0 Å². The van der Waals surface area contributed by atoms with E-state index < -0.39 is 0 Å². The summed E-state index contributed by atoms with van der Waals surface area (Å²) >= 11 is 6.54. The van der Waals surface area contributed by atoms with Crippen LogP contribution in [0.25, 0.3) is 6.08 Å². The average Bonchev–Trinajstić information content (AvgIpc) is 3.10. The van der Waals surface area contributed by atoms with Gasteiger partial charge >= 0.3 is 0 Å². The number of likely N-dealkylation sites (tertiary alicyclic amines) is 1. The van der Waals surface area contributed by atoms with Gasteiger partial charge < -0.3 is 10.2 Å². The molecule has 0 aliphatic carbocycles. The number of carbonyl (C=O) groups excluding carboxylic acids is 2. The minimum absolute atomic E-state index is 0.0457. The normalized spacial score (nSPS) is 13.9. The summed E-state index contributed by atoms with van der Waals surface area (Å²) in [6.07, 6.45) is 6.26. The molecule has 33 heavy (non-hydrogen) atoms. The number of rotatable bonds is 6. The summed E-state index contributed by atoms with van der Waals surface area (Å²) in [5.41, 5.74) is 3.53. The molecule has 6 nitrogen and oxygen atoms in total. The van der Waals surface area contributed by atoms with Crippen LogP contribution in [0.2, 0.25) is 5.15 Å². The molecule has 1 N–H and O–H groups in total. The molecule has 170 valence electrons. The van der Waals surface area contributed by atoms with E-state index in [-0.39, 0.29) is 11.8 Å². The number of nitrogens with zero attached hydrogens (tertiary/aromatic N) is 3. The van der Waals surface area contributed by atoms with Crippen LogP contribution in [0, 0.1) is 6.92 Å². The van der Waals surface area contributed by atoms with Crippen molar-refractivity contribution in [2.75, 3.05) is 18.4 Å². The Kier molecular flexibility index (Phi) is 7.25. The van der Waals surface area contributed by atoms with Crippen molar-refractivity contribution in [2.45, 2.75) is 32.7 Å². The van der Waals surface area contributed by atoms with E-state index in [0.29, 0.717) is 28.5 Å². The lowest BCUT2D eigenvalue weighted by molar-refractivity contribution is -0.111. The molecule has 3 aromatic rings. The minimum atomic E-state index is -0.333. The van der Waals surface area contributed by atoms with Crippen molar-refractivity contribution in [1.29, 1.82) is 0 Å². The lowest BCUT2D eigenvalue weighted by atomic mass is 10.1. The van der Waals surface area contributed by atoms with Gasteiger partial charge in [0.15, 0.2) is 0 Å². The zero-order valence-corrected chi connectivity index (χ0v) is 19.4. The summed E-state index contributed by atoms with van der Waals surface area (Å²) in [4.78, 5) is 27.5. The summed E-state index contributed by atoms with van der Waals surface area (Å²) < 4.78 is 1.72. The van der Waals surface area contributed by atoms with Crippen LogP contribution in [-0.2, 0) is 11.3 Å². The molecule has 4 rings (SSSR count). The second-order valence-corrected chi connectivity index (χ2v) is 8.51. The first-order valence-corrected chi connectivity index (χ1v) is 11.5. The Balaban J connectivity index is 1.47. The van der Waals surface area contributed by atoms with Crippen LogP contribution in [0.1, 0.15) is 46.4 Å². The molecule has 1 aliphatic rings. The minimum Gasteiger partial charge on any atom is -0.339 e. The molecule has 0 atom stereocenters. The summed E-state index contributed by atoms with van der Waals surface area (Å²) in [5, 5.41) is 7.82. The number of benzene rings is 2. The van der Waals surface area contributed by atoms with Gasteiger partial charge in [-0.25, -0.2) is 4.68 Å². The molecule has 0 bridgehead atoms. The van der Waals surface area contributed by atoms with Crippen molar-refractivity contribution < 1.29 is 9.59 Å². The fourth-order valence-electron chi connectivity index (χ4n) is 4.00. The predicted molar refractivity (Wildman–Crippen MR) is 131 cm³/mol. The molecule has 7 heteroatoms. The van der Waals surface area contributed by atoms with Crippen molar-refractivity contribution in [3.05, 3.63) is 88.2 Å². The number of hydrogen-bond donors (Lipinski definition) is 1. The van der Waals surface area contributed by atoms with Gasteiger partial charge in [0, 0.05) is 24.7 Å². The van der Waals surface area contributed by atoms with Gasteiger partial charge in [-0.05, 0) is 50.0 Å². The van der Waals surface area contributed by atoms with Crippen molar-refractivity contribution in [3.63, 3.8) is 0 Å². The molecule has 0 unspecified atom stereocenters. The van der Waals surface area contributed by atoms with Gasteiger partial charge in [-0.1, -0.05) is 54.1 Å². The van der Waals surface area contributed by atoms with Crippen LogP contribution in [0.4, 0.5) is 5.69 Å². The lowest BCUT2D eigenvalue weighted by Gasteiger charge is -2.27. The van der Waals surface area contributed by atoms with Gasteiger partial charge in [0.05, 0.1) is 23.5 Å². The highest BCUT2D eigenvalue weighted by atomic mass is 35.5. The average molecular weight is 463 g/mol. The number of piperidine rings is 1. The number of para-hydroxylation sites is 1. The smallest absolute Gasteiger partial charge is 0.255 e. The monoisotopic (exact) mass is 462 g/mol. The number of hydrogen-bond acceptors (Lipinski definition) is 3. The molecule has 1 saturated heterocycles. The molecular formula is C26H27ClN4O2. The Hall–Kier alpha value is -3.38. The van der Waals surface area contributed by atoms with Crippen LogP contribution in [0.5, 0.6) is 0 Å². The Labute approximate surface area is 198 Å². The van der Waals surface area contributed by atoms with E-state index in [9.17, 15) is 9.59 Å². The molecule has 0 spiro atoms. The van der Waals surface area contributed by atoms with Crippen LogP contribution < -0.4 is 5.32 Å². The third-order valence-corrected chi connectivity index (χ3v) is 6.14. The second kappa shape index (κ2) is 10.5. The second-order valence-electron chi connectivity index (χ2n) is 8.15. The van der Waals surface area contributed by atoms with E-state index in [1.165, 1.54) is 6.08 Å². The van der Waals surface area contributed by atoms with Crippen molar-refractivity contribution in [3.8, 4) is 0 Å². The van der Waals surface area contributed by atoms with E-state index in [2.05, 4.69) is 10.4 Å². The van der Waals surface area contributed by atoms with E-state index in [4.69, 9.17) is 11.6 Å². The fourth-order valence-corrected chi connectivity index (χ4v) is 4.29. The van der Waals surface area contributed by atoms with Crippen molar-refractivity contribution in [1.82, 2.24) is 14.7 Å². The number of nitrogens with one attached hydrogen (secondary N) is 1. The lowest BCUT2D eigenvalue weighted by Crippen LogP contribution is -2.36. The zero-order chi connectivity index (χ0) is 23.2. The number of carbonyl (C=O) groups is 2. The largest absolute Gasteiger partial charge is 0.339 e. The first-order chi connectivity index (χ1) is 16.0. The van der Waals surface area contributed by atoms with Gasteiger partial charge in [0.1, 0.15) is 5.15 Å². The van der Waals surface area contributed by atoms with Crippen LogP contribution >= 0.6 is 11.6 Å². The highest BCUT2D eigenvalue weighted by Gasteiger charge is 2.21. The van der Waals surface area contributed by atoms with Crippen LogP contribution in [-0.4, -0.2) is 39.6 Å². The van der Waals surface area contributed by atoms with E-state index in [1.54, 1.807) is 29.0 Å². The Morgan fingerprint density at radius 3 is 2.48 bits per heavy atom. The summed E-state index contributed by atoms with van der Waals surface area (Å²) in [5.74, 6) is -0.379. The maximum Gasteiger partial charge on any atom is 0.255 e. The summed E-state index contributed by atoms with van der Waals surface area (Å²) in [6, 6.07) is 17.1. The quantitative estimate of drug-likeness (QED) is 0.514.